The van der Waals surface area contributed by atoms with Gasteiger partial charge in [-0.3, -0.25) is 0 Å². The van der Waals surface area contributed by atoms with Crippen LogP contribution >= 0.6 is 0 Å². The van der Waals surface area contributed by atoms with Gasteiger partial charge in [0.15, 0.2) is 0 Å². The standard InChI is InChI=1S/C21H22N2O2/c1-3-7-17(8-4-1)16-24-13-12-21-19-15-22-23(20(19)11-14-25-21)18-9-5-2-6-10-18/h1-10,15,21H,11-14,16H2. The highest BCUT2D eigenvalue weighted by Crippen LogP contribution is 2.30. The number of ether oxygens (including phenoxy) is 2. The topological polar surface area (TPSA) is 36.3 Å². The molecule has 3 aromatic rings. The van der Waals surface area contributed by atoms with Gasteiger partial charge in [-0.25, -0.2) is 4.68 Å². The van der Waals surface area contributed by atoms with Gasteiger partial charge in [0.2, 0.25) is 0 Å². The van der Waals surface area contributed by atoms with Gasteiger partial charge >= 0.3 is 0 Å². The summed E-state index contributed by atoms with van der Waals surface area (Å²) < 4.78 is 13.8. The van der Waals surface area contributed by atoms with Crippen LogP contribution in [0.4, 0.5) is 0 Å². The van der Waals surface area contributed by atoms with Crippen LogP contribution < -0.4 is 0 Å². The van der Waals surface area contributed by atoms with Crippen molar-refractivity contribution in [2.75, 3.05) is 13.2 Å². The lowest BCUT2D eigenvalue weighted by Crippen LogP contribution is -2.19. The van der Waals surface area contributed by atoms with Crippen LogP contribution in [0.5, 0.6) is 0 Å². The van der Waals surface area contributed by atoms with Crippen molar-refractivity contribution in [3.63, 3.8) is 0 Å². The molecule has 4 rings (SSSR count). The average molecular weight is 334 g/mol. The first-order valence-corrected chi connectivity index (χ1v) is 8.77. The molecule has 0 fully saturated rings. The number of hydrogen-bond acceptors (Lipinski definition) is 3. The SMILES string of the molecule is c1ccc(COCCC2OCCc3c2cnn3-c2ccccc2)cc1. The number of rotatable bonds is 6. The Labute approximate surface area is 148 Å². The molecule has 0 bridgehead atoms. The van der Waals surface area contributed by atoms with Crippen LogP contribution in [0.25, 0.3) is 5.69 Å². The molecule has 1 aliphatic rings. The molecule has 0 amide bonds. The zero-order valence-corrected chi connectivity index (χ0v) is 14.2. The molecule has 1 aromatic heterocycles. The molecule has 128 valence electrons. The molecular formula is C21H22N2O2. The van der Waals surface area contributed by atoms with Crippen molar-refractivity contribution in [3.05, 3.63) is 83.7 Å². The smallest absolute Gasteiger partial charge is 0.0880 e. The number of aromatic nitrogens is 2. The third kappa shape index (κ3) is 3.65. The average Bonchev–Trinajstić information content (AvgIpc) is 3.12. The van der Waals surface area contributed by atoms with E-state index in [1.165, 1.54) is 16.8 Å². The van der Waals surface area contributed by atoms with E-state index in [9.17, 15) is 0 Å². The van der Waals surface area contributed by atoms with Gasteiger partial charge in [-0.15, -0.1) is 0 Å². The van der Waals surface area contributed by atoms with Gasteiger partial charge in [-0.05, 0) is 17.7 Å². The molecule has 1 aliphatic heterocycles. The Hall–Kier alpha value is -2.43. The quantitative estimate of drug-likeness (QED) is 0.637. The van der Waals surface area contributed by atoms with Crippen molar-refractivity contribution in [2.45, 2.75) is 25.6 Å². The zero-order chi connectivity index (χ0) is 16.9. The minimum atomic E-state index is 0.0667. The molecule has 0 radical (unpaired) electrons. The van der Waals surface area contributed by atoms with Gasteiger partial charge in [-0.2, -0.15) is 5.10 Å². The predicted molar refractivity (Wildman–Crippen MR) is 96.7 cm³/mol. The molecule has 0 aliphatic carbocycles. The van der Waals surface area contributed by atoms with E-state index >= 15 is 0 Å². The summed E-state index contributed by atoms with van der Waals surface area (Å²) in [5.41, 5.74) is 4.75. The number of para-hydroxylation sites is 1. The van der Waals surface area contributed by atoms with E-state index in [4.69, 9.17) is 9.47 Å². The van der Waals surface area contributed by atoms with Crippen LogP contribution in [0, 0.1) is 0 Å². The lowest BCUT2D eigenvalue weighted by molar-refractivity contribution is 0.00871. The van der Waals surface area contributed by atoms with E-state index in [2.05, 4.69) is 29.4 Å². The Balaban J connectivity index is 1.40. The van der Waals surface area contributed by atoms with Gasteiger partial charge in [0.05, 0.1) is 36.9 Å². The normalized spacial score (nSPS) is 16.6. The lowest BCUT2D eigenvalue weighted by Gasteiger charge is -2.24. The summed E-state index contributed by atoms with van der Waals surface area (Å²) in [6.07, 6.45) is 3.76. The zero-order valence-electron chi connectivity index (χ0n) is 14.2. The summed E-state index contributed by atoms with van der Waals surface area (Å²) in [6.45, 7) is 2.05. The van der Waals surface area contributed by atoms with Gasteiger partial charge in [0, 0.05) is 25.0 Å². The fourth-order valence-electron chi connectivity index (χ4n) is 3.28. The summed E-state index contributed by atoms with van der Waals surface area (Å²) in [5, 5.41) is 4.59. The Morgan fingerprint density at radius 3 is 2.60 bits per heavy atom. The third-order valence-corrected chi connectivity index (χ3v) is 4.54. The van der Waals surface area contributed by atoms with E-state index in [-0.39, 0.29) is 6.10 Å². The number of nitrogens with zero attached hydrogens (tertiary/aromatic N) is 2. The summed E-state index contributed by atoms with van der Waals surface area (Å²) in [4.78, 5) is 0. The van der Waals surface area contributed by atoms with Gasteiger partial charge in [-0.1, -0.05) is 48.5 Å². The molecule has 4 nitrogen and oxygen atoms in total. The van der Waals surface area contributed by atoms with Crippen molar-refractivity contribution in [3.8, 4) is 5.69 Å². The first-order chi connectivity index (χ1) is 12.4. The van der Waals surface area contributed by atoms with Crippen LogP contribution in [-0.4, -0.2) is 23.0 Å². The van der Waals surface area contributed by atoms with Crippen molar-refractivity contribution < 1.29 is 9.47 Å². The Bertz CT molecular complexity index is 799. The molecule has 1 unspecified atom stereocenters. The minimum Gasteiger partial charge on any atom is -0.377 e. The number of benzene rings is 2. The third-order valence-electron chi connectivity index (χ3n) is 4.54. The summed E-state index contributed by atoms with van der Waals surface area (Å²) >= 11 is 0. The second kappa shape index (κ2) is 7.64. The monoisotopic (exact) mass is 334 g/mol. The second-order valence-corrected chi connectivity index (χ2v) is 6.23. The molecule has 2 heterocycles. The summed E-state index contributed by atoms with van der Waals surface area (Å²) in [7, 11) is 0. The number of hydrogen-bond donors (Lipinski definition) is 0. The molecule has 0 spiro atoms. The molecule has 25 heavy (non-hydrogen) atoms. The van der Waals surface area contributed by atoms with E-state index < -0.39 is 0 Å². The van der Waals surface area contributed by atoms with Crippen molar-refractivity contribution in [1.82, 2.24) is 9.78 Å². The summed E-state index contributed by atoms with van der Waals surface area (Å²) in [5.74, 6) is 0. The maximum absolute atomic E-state index is 5.97. The maximum Gasteiger partial charge on any atom is 0.0880 e. The highest BCUT2D eigenvalue weighted by atomic mass is 16.5. The maximum atomic E-state index is 5.97. The van der Waals surface area contributed by atoms with Crippen LogP contribution in [0.1, 0.15) is 29.3 Å². The predicted octanol–water partition coefficient (Wildman–Crippen LogP) is 4.09. The number of fused-ring (bicyclic) bond motifs is 1. The molecule has 0 saturated carbocycles. The largest absolute Gasteiger partial charge is 0.377 e. The van der Waals surface area contributed by atoms with E-state index in [0.29, 0.717) is 13.2 Å². The highest BCUT2D eigenvalue weighted by molar-refractivity contribution is 5.36. The first-order valence-electron chi connectivity index (χ1n) is 8.77. The fraction of sp³-hybridized carbons (Fsp3) is 0.286. The Morgan fingerprint density at radius 1 is 1.04 bits per heavy atom. The Morgan fingerprint density at radius 2 is 1.80 bits per heavy atom. The van der Waals surface area contributed by atoms with Crippen LogP contribution in [0.2, 0.25) is 0 Å². The van der Waals surface area contributed by atoms with Crippen LogP contribution in [0.3, 0.4) is 0 Å². The van der Waals surface area contributed by atoms with E-state index in [0.717, 1.165) is 25.1 Å². The fourth-order valence-corrected chi connectivity index (χ4v) is 3.28. The Kier molecular flexibility index (Phi) is 4.91. The molecule has 2 aromatic carbocycles. The summed E-state index contributed by atoms with van der Waals surface area (Å²) in [6, 6.07) is 20.5. The molecule has 4 heteroatoms. The van der Waals surface area contributed by atoms with Crippen molar-refractivity contribution >= 4 is 0 Å². The van der Waals surface area contributed by atoms with Crippen LogP contribution in [0.15, 0.2) is 66.9 Å². The minimum absolute atomic E-state index is 0.0667. The highest BCUT2D eigenvalue weighted by Gasteiger charge is 2.25. The van der Waals surface area contributed by atoms with Gasteiger partial charge in [0.1, 0.15) is 0 Å². The molecule has 0 saturated heterocycles. The van der Waals surface area contributed by atoms with Crippen molar-refractivity contribution in [1.29, 1.82) is 0 Å². The molecule has 1 atom stereocenters. The molecule has 0 N–H and O–H groups in total. The lowest BCUT2D eigenvalue weighted by atomic mass is 10.0. The van der Waals surface area contributed by atoms with E-state index in [1.807, 2.05) is 47.3 Å². The van der Waals surface area contributed by atoms with Crippen molar-refractivity contribution in [2.24, 2.45) is 0 Å². The molecular weight excluding hydrogens is 312 g/mol. The van der Waals surface area contributed by atoms with Crippen LogP contribution in [-0.2, 0) is 22.5 Å². The van der Waals surface area contributed by atoms with E-state index in [1.54, 1.807) is 0 Å². The van der Waals surface area contributed by atoms with Gasteiger partial charge < -0.3 is 9.47 Å². The second-order valence-electron chi connectivity index (χ2n) is 6.23. The van der Waals surface area contributed by atoms with Gasteiger partial charge in [0.25, 0.3) is 0 Å². The first kappa shape index (κ1) is 16.1.